The average molecular weight is 304 g/mol. The van der Waals surface area contributed by atoms with Gasteiger partial charge in [0.1, 0.15) is 10.7 Å². The lowest BCUT2D eigenvalue weighted by Crippen LogP contribution is -2.15. The Balaban J connectivity index is 3.60. The molecule has 1 heterocycles. The van der Waals surface area contributed by atoms with Gasteiger partial charge in [-0.1, -0.05) is 11.6 Å². The Morgan fingerprint density at radius 1 is 1.53 bits per heavy atom. The van der Waals surface area contributed by atoms with Gasteiger partial charge in [-0.25, -0.2) is 9.78 Å². The Morgan fingerprint density at radius 3 is 2.40 bits per heavy atom. The maximum Gasteiger partial charge on any atom is 0.418 e. The molecule has 0 saturated heterocycles. The normalized spacial score (nSPS) is 11.5. The van der Waals surface area contributed by atoms with Crippen molar-refractivity contribution in [3.63, 3.8) is 0 Å². The van der Waals surface area contributed by atoms with Crippen LogP contribution in [0.4, 0.5) is 13.2 Å². The summed E-state index contributed by atoms with van der Waals surface area (Å²) in [4.78, 5) is 13.9. The topological polar surface area (TPSA) is 50.2 Å². The third kappa shape index (κ3) is 2.40. The highest BCUT2D eigenvalue weighted by Gasteiger charge is 2.39. The average Bonchev–Trinajstić information content (AvgIpc) is 2.05. The maximum absolute atomic E-state index is 12.5. The monoisotopic (exact) mass is 303 g/mol. The molecule has 15 heavy (non-hydrogen) atoms. The molecule has 0 radical (unpaired) electrons. The lowest BCUT2D eigenvalue weighted by molar-refractivity contribution is -0.138. The van der Waals surface area contributed by atoms with Gasteiger partial charge in [0.05, 0.1) is 5.56 Å². The van der Waals surface area contributed by atoms with E-state index >= 15 is 0 Å². The number of pyridine rings is 1. The van der Waals surface area contributed by atoms with Crippen molar-refractivity contribution in [2.24, 2.45) is 0 Å². The van der Waals surface area contributed by atoms with Crippen LogP contribution in [0.2, 0.25) is 5.15 Å². The number of nitrogens with zero attached hydrogens (tertiary/aromatic N) is 1. The summed E-state index contributed by atoms with van der Waals surface area (Å²) < 4.78 is 36.9. The van der Waals surface area contributed by atoms with Crippen LogP contribution >= 0.6 is 27.5 Å². The molecule has 0 unspecified atom stereocenters. The molecule has 1 rings (SSSR count). The van der Waals surface area contributed by atoms with Gasteiger partial charge >= 0.3 is 12.1 Å². The molecule has 82 valence electrons. The van der Waals surface area contributed by atoms with Crippen molar-refractivity contribution >= 4 is 33.5 Å². The van der Waals surface area contributed by atoms with Crippen LogP contribution in [0.15, 0.2) is 10.7 Å². The van der Waals surface area contributed by atoms with Crippen molar-refractivity contribution in [2.45, 2.75) is 6.18 Å². The number of halogens is 5. The molecule has 0 aliphatic carbocycles. The molecule has 8 heteroatoms. The fourth-order valence-electron chi connectivity index (χ4n) is 0.937. The highest BCUT2D eigenvalue weighted by atomic mass is 79.9. The molecule has 0 aromatic carbocycles. The van der Waals surface area contributed by atoms with E-state index in [-0.39, 0.29) is 0 Å². The third-order valence-corrected chi connectivity index (χ3v) is 2.37. The molecule has 0 saturated carbocycles. The standard InChI is InChI=1S/C7H2BrClF3NO2/c8-2-1-13-5(9)3(6(14)15)4(2)7(10,11)12/h1H,(H,14,15). The molecule has 0 fully saturated rings. The lowest BCUT2D eigenvalue weighted by Gasteiger charge is -2.12. The summed E-state index contributed by atoms with van der Waals surface area (Å²) in [5.41, 5.74) is -2.39. The van der Waals surface area contributed by atoms with Gasteiger partial charge in [-0.3, -0.25) is 0 Å². The van der Waals surface area contributed by atoms with Gasteiger partial charge in [-0.05, 0) is 15.9 Å². The smallest absolute Gasteiger partial charge is 0.418 e. The number of carbonyl (C=O) groups is 1. The molecule has 0 aliphatic rings. The first-order valence-electron chi connectivity index (χ1n) is 3.39. The molecule has 1 aromatic rings. The van der Waals surface area contributed by atoms with E-state index in [0.717, 1.165) is 6.20 Å². The zero-order valence-corrected chi connectivity index (χ0v) is 9.11. The highest BCUT2D eigenvalue weighted by Crippen LogP contribution is 2.38. The van der Waals surface area contributed by atoms with Crippen molar-refractivity contribution in [1.29, 1.82) is 0 Å². The summed E-state index contributed by atoms with van der Waals surface area (Å²) in [7, 11) is 0. The van der Waals surface area contributed by atoms with Gasteiger partial charge in [-0.15, -0.1) is 0 Å². The Kier molecular flexibility index (Phi) is 3.25. The Morgan fingerprint density at radius 2 is 2.07 bits per heavy atom. The molecular weight excluding hydrogens is 302 g/mol. The second kappa shape index (κ2) is 3.97. The van der Waals surface area contributed by atoms with E-state index in [9.17, 15) is 18.0 Å². The summed E-state index contributed by atoms with van der Waals surface area (Å²) in [5.74, 6) is -1.78. The first kappa shape index (κ1) is 12.3. The van der Waals surface area contributed by atoms with Crippen LogP contribution < -0.4 is 0 Å². The Labute approximate surface area is 95.0 Å². The summed E-state index contributed by atoms with van der Waals surface area (Å²) >= 11 is 7.87. The number of aromatic nitrogens is 1. The summed E-state index contributed by atoms with van der Waals surface area (Å²) in [6, 6.07) is 0. The molecular formula is C7H2BrClF3NO2. The van der Waals surface area contributed by atoms with Gasteiger partial charge in [-0.2, -0.15) is 13.2 Å². The molecule has 0 amide bonds. The van der Waals surface area contributed by atoms with Gasteiger partial charge < -0.3 is 5.11 Å². The molecule has 1 N–H and O–H groups in total. The van der Waals surface area contributed by atoms with Crippen molar-refractivity contribution in [3.8, 4) is 0 Å². The van der Waals surface area contributed by atoms with Gasteiger partial charge in [0.15, 0.2) is 0 Å². The largest absolute Gasteiger partial charge is 0.478 e. The minimum absolute atomic E-state index is 0.461. The second-order valence-electron chi connectivity index (χ2n) is 2.45. The maximum atomic E-state index is 12.5. The number of hydrogen-bond acceptors (Lipinski definition) is 2. The highest BCUT2D eigenvalue weighted by molar-refractivity contribution is 9.10. The van der Waals surface area contributed by atoms with Crippen molar-refractivity contribution < 1.29 is 23.1 Å². The van der Waals surface area contributed by atoms with Crippen LogP contribution in [-0.2, 0) is 6.18 Å². The minimum Gasteiger partial charge on any atom is -0.478 e. The van der Waals surface area contributed by atoms with Gasteiger partial charge in [0.2, 0.25) is 0 Å². The number of rotatable bonds is 1. The molecule has 0 bridgehead atoms. The Bertz CT molecular complexity index is 421. The number of hydrogen-bond donors (Lipinski definition) is 1. The van der Waals surface area contributed by atoms with Gasteiger partial charge in [0.25, 0.3) is 0 Å². The van der Waals surface area contributed by atoms with Crippen molar-refractivity contribution in [1.82, 2.24) is 4.98 Å². The lowest BCUT2D eigenvalue weighted by atomic mass is 10.1. The van der Waals surface area contributed by atoms with E-state index in [1.54, 1.807) is 0 Å². The van der Waals surface area contributed by atoms with Crippen LogP contribution in [0.1, 0.15) is 15.9 Å². The van der Waals surface area contributed by atoms with E-state index in [1.807, 2.05) is 0 Å². The zero-order chi connectivity index (χ0) is 11.8. The number of alkyl halides is 3. The fourth-order valence-corrected chi connectivity index (χ4v) is 1.69. The van der Waals surface area contributed by atoms with Crippen LogP contribution in [0.25, 0.3) is 0 Å². The van der Waals surface area contributed by atoms with Crippen LogP contribution in [0, 0.1) is 0 Å². The van der Waals surface area contributed by atoms with Crippen LogP contribution in [0.5, 0.6) is 0 Å². The van der Waals surface area contributed by atoms with Crippen LogP contribution in [-0.4, -0.2) is 16.1 Å². The van der Waals surface area contributed by atoms with E-state index in [2.05, 4.69) is 20.9 Å². The van der Waals surface area contributed by atoms with Crippen molar-refractivity contribution in [3.05, 3.63) is 26.9 Å². The van der Waals surface area contributed by atoms with E-state index < -0.39 is 32.9 Å². The van der Waals surface area contributed by atoms with Crippen LogP contribution in [0.3, 0.4) is 0 Å². The van der Waals surface area contributed by atoms with E-state index in [0.29, 0.717) is 0 Å². The quantitative estimate of drug-likeness (QED) is 0.811. The fraction of sp³-hybridized carbons (Fsp3) is 0.143. The first-order valence-corrected chi connectivity index (χ1v) is 4.56. The predicted octanol–water partition coefficient (Wildman–Crippen LogP) is 3.21. The van der Waals surface area contributed by atoms with Gasteiger partial charge in [0, 0.05) is 10.7 Å². The first-order chi connectivity index (χ1) is 6.75. The predicted molar refractivity (Wildman–Crippen MR) is 48.9 cm³/mol. The second-order valence-corrected chi connectivity index (χ2v) is 3.66. The number of carboxylic acids is 1. The molecule has 0 aliphatic heterocycles. The SMILES string of the molecule is O=C(O)c1c(Cl)ncc(Br)c1C(F)(F)F. The summed E-state index contributed by atoms with van der Waals surface area (Å²) in [5, 5.41) is 7.89. The molecule has 1 aromatic heterocycles. The summed E-state index contributed by atoms with van der Waals surface area (Å²) in [6.45, 7) is 0. The third-order valence-electron chi connectivity index (χ3n) is 1.48. The van der Waals surface area contributed by atoms with E-state index in [1.165, 1.54) is 0 Å². The zero-order valence-electron chi connectivity index (χ0n) is 6.77. The minimum atomic E-state index is -4.81. The molecule has 0 atom stereocenters. The number of carboxylic acid groups (broad SMARTS) is 1. The van der Waals surface area contributed by atoms with E-state index in [4.69, 9.17) is 16.7 Å². The molecule has 3 nitrogen and oxygen atoms in total. The van der Waals surface area contributed by atoms with Crippen molar-refractivity contribution in [2.75, 3.05) is 0 Å². The summed E-state index contributed by atoms with van der Waals surface area (Å²) in [6.07, 6.45) is -4.00. The molecule has 0 spiro atoms. The Hall–Kier alpha value is -0.820. The number of aromatic carboxylic acids is 1.